The molecule has 0 heterocycles. The molecule has 0 bridgehead atoms. The van der Waals surface area contributed by atoms with E-state index in [0.717, 1.165) is 18.6 Å². The second-order valence-corrected chi connectivity index (χ2v) is 4.92. The number of carboxylic acid groups (broad SMARTS) is 1. The lowest BCUT2D eigenvalue weighted by Gasteiger charge is -2.09. The zero-order valence-electron chi connectivity index (χ0n) is 10.5. The van der Waals surface area contributed by atoms with Crippen LogP contribution < -0.4 is 10.6 Å². The minimum absolute atomic E-state index is 0.160. The zero-order chi connectivity index (χ0) is 13.1. The van der Waals surface area contributed by atoms with E-state index >= 15 is 0 Å². The van der Waals surface area contributed by atoms with Crippen molar-refractivity contribution in [3.63, 3.8) is 0 Å². The summed E-state index contributed by atoms with van der Waals surface area (Å²) in [6.45, 7) is 2.36. The van der Waals surface area contributed by atoms with Crippen LogP contribution in [0.1, 0.15) is 26.2 Å². The smallest absolute Gasteiger partial charge is 0.314 e. The van der Waals surface area contributed by atoms with E-state index in [9.17, 15) is 9.59 Å². The summed E-state index contributed by atoms with van der Waals surface area (Å²) in [7, 11) is 0. The monoisotopic (exact) mass is 262 g/mol. The van der Waals surface area contributed by atoms with Crippen LogP contribution in [-0.2, 0) is 4.79 Å². The number of hydrogen-bond acceptors (Lipinski definition) is 3. The van der Waals surface area contributed by atoms with E-state index < -0.39 is 11.9 Å². The van der Waals surface area contributed by atoms with Gasteiger partial charge in [-0.3, -0.25) is 4.79 Å². The van der Waals surface area contributed by atoms with Gasteiger partial charge in [0.15, 0.2) is 0 Å². The van der Waals surface area contributed by atoms with Crippen molar-refractivity contribution in [3.05, 3.63) is 0 Å². The first-order valence-corrected chi connectivity index (χ1v) is 7.20. The highest BCUT2D eigenvalue weighted by molar-refractivity contribution is 7.98. The number of carbonyl (C=O) groups is 2. The molecule has 0 rings (SSSR count). The zero-order valence-corrected chi connectivity index (χ0v) is 11.3. The maximum absolute atomic E-state index is 11.2. The Labute approximate surface area is 107 Å². The van der Waals surface area contributed by atoms with Crippen LogP contribution in [0, 0.1) is 5.92 Å². The normalized spacial score (nSPS) is 11.9. The topological polar surface area (TPSA) is 78.4 Å². The Bertz CT molecular complexity index is 237. The summed E-state index contributed by atoms with van der Waals surface area (Å²) in [6.07, 6.45) is 5.31. The summed E-state index contributed by atoms with van der Waals surface area (Å²) in [4.78, 5) is 21.7. The van der Waals surface area contributed by atoms with E-state index in [2.05, 4.69) is 16.9 Å². The summed E-state index contributed by atoms with van der Waals surface area (Å²) in [5.74, 6) is -0.299. The van der Waals surface area contributed by atoms with Crippen molar-refractivity contribution in [2.45, 2.75) is 26.2 Å². The highest BCUT2D eigenvalue weighted by Gasteiger charge is 2.11. The lowest BCUT2D eigenvalue weighted by Crippen LogP contribution is -2.39. The standard InChI is InChI=1S/C11H22N2O3S/c1-9(10(14)15)8-13-11(16)12-6-4-3-5-7-17-2/h9H,3-8H2,1-2H3,(H,14,15)(H2,12,13,16). The third kappa shape index (κ3) is 9.99. The minimum Gasteiger partial charge on any atom is -0.481 e. The molecule has 0 aromatic heterocycles. The van der Waals surface area contributed by atoms with Gasteiger partial charge in [-0.1, -0.05) is 13.3 Å². The molecule has 0 fully saturated rings. The van der Waals surface area contributed by atoms with Gasteiger partial charge in [0.25, 0.3) is 0 Å². The van der Waals surface area contributed by atoms with Crippen LogP contribution in [0.5, 0.6) is 0 Å². The van der Waals surface area contributed by atoms with Crippen molar-refractivity contribution in [1.29, 1.82) is 0 Å². The molecule has 0 saturated heterocycles. The molecule has 0 aliphatic heterocycles. The van der Waals surface area contributed by atoms with Gasteiger partial charge in [-0.05, 0) is 24.9 Å². The first-order valence-electron chi connectivity index (χ1n) is 5.81. The lowest BCUT2D eigenvalue weighted by molar-refractivity contribution is -0.140. The minimum atomic E-state index is -0.901. The third-order valence-corrected chi connectivity index (χ3v) is 3.00. The average Bonchev–Trinajstić information content (AvgIpc) is 2.30. The van der Waals surface area contributed by atoms with Gasteiger partial charge < -0.3 is 15.7 Å². The number of urea groups is 1. The van der Waals surface area contributed by atoms with Gasteiger partial charge in [0, 0.05) is 13.1 Å². The number of hydrogen-bond donors (Lipinski definition) is 3. The summed E-state index contributed by atoms with van der Waals surface area (Å²) < 4.78 is 0. The number of carbonyl (C=O) groups excluding carboxylic acids is 1. The Kier molecular flexibility index (Phi) is 9.71. The van der Waals surface area contributed by atoms with Crippen molar-refractivity contribution in [1.82, 2.24) is 10.6 Å². The Morgan fingerprint density at radius 3 is 2.53 bits per heavy atom. The molecule has 1 unspecified atom stereocenters. The number of carboxylic acids is 1. The van der Waals surface area contributed by atoms with E-state index in [0.29, 0.717) is 6.54 Å². The Morgan fingerprint density at radius 1 is 1.24 bits per heavy atom. The quantitative estimate of drug-likeness (QED) is 0.551. The van der Waals surface area contributed by atoms with Gasteiger partial charge in [-0.15, -0.1) is 0 Å². The molecule has 1 atom stereocenters. The SMILES string of the molecule is CSCCCCCNC(=O)NCC(C)C(=O)O. The van der Waals surface area contributed by atoms with Crippen LogP contribution >= 0.6 is 11.8 Å². The van der Waals surface area contributed by atoms with E-state index in [4.69, 9.17) is 5.11 Å². The van der Waals surface area contributed by atoms with Gasteiger partial charge in [-0.25, -0.2) is 4.79 Å². The van der Waals surface area contributed by atoms with Crippen molar-refractivity contribution < 1.29 is 14.7 Å². The molecule has 0 aliphatic rings. The van der Waals surface area contributed by atoms with E-state index in [1.54, 1.807) is 6.92 Å². The number of nitrogens with one attached hydrogen (secondary N) is 2. The molecule has 0 spiro atoms. The highest BCUT2D eigenvalue weighted by Crippen LogP contribution is 2.01. The van der Waals surface area contributed by atoms with Crippen LogP contribution in [0.3, 0.4) is 0 Å². The van der Waals surface area contributed by atoms with Gasteiger partial charge >= 0.3 is 12.0 Å². The molecule has 3 N–H and O–H groups in total. The predicted octanol–water partition coefficient (Wildman–Crippen LogP) is 1.54. The maximum Gasteiger partial charge on any atom is 0.314 e. The lowest BCUT2D eigenvalue weighted by atomic mass is 10.2. The first-order chi connectivity index (χ1) is 8.07. The van der Waals surface area contributed by atoms with Crippen molar-refractivity contribution in [2.75, 3.05) is 25.1 Å². The van der Waals surface area contributed by atoms with Crippen molar-refractivity contribution in [3.8, 4) is 0 Å². The van der Waals surface area contributed by atoms with Crippen LogP contribution in [0.2, 0.25) is 0 Å². The van der Waals surface area contributed by atoms with Crippen molar-refractivity contribution in [2.24, 2.45) is 5.92 Å². The van der Waals surface area contributed by atoms with E-state index in [1.165, 1.54) is 6.42 Å². The summed E-state index contributed by atoms with van der Waals surface area (Å²) in [5.41, 5.74) is 0. The Morgan fingerprint density at radius 2 is 1.94 bits per heavy atom. The second kappa shape index (κ2) is 10.3. The average molecular weight is 262 g/mol. The predicted molar refractivity (Wildman–Crippen MR) is 70.4 cm³/mol. The molecule has 0 aromatic carbocycles. The van der Waals surface area contributed by atoms with E-state index in [-0.39, 0.29) is 12.6 Å². The molecule has 0 aliphatic carbocycles. The van der Waals surface area contributed by atoms with Gasteiger partial charge in [0.05, 0.1) is 5.92 Å². The van der Waals surface area contributed by atoms with Crippen LogP contribution in [0.25, 0.3) is 0 Å². The largest absolute Gasteiger partial charge is 0.481 e. The van der Waals surface area contributed by atoms with E-state index in [1.807, 2.05) is 11.8 Å². The Hall–Kier alpha value is -0.910. The molecule has 2 amide bonds. The van der Waals surface area contributed by atoms with Gasteiger partial charge in [-0.2, -0.15) is 11.8 Å². The first kappa shape index (κ1) is 16.1. The number of aliphatic carboxylic acids is 1. The van der Waals surface area contributed by atoms with Crippen molar-refractivity contribution >= 4 is 23.8 Å². The summed E-state index contributed by atoms with van der Waals surface area (Å²) in [6, 6.07) is -0.289. The fourth-order valence-corrected chi connectivity index (χ4v) is 1.64. The van der Waals surface area contributed by atoms with Crippen LogP contribution in [0.15, 0.2) is 0 Å². The molecule has 17 heavy (non-hydrogen) atoms. The maximum atomic E-state index is 11.2. The number of amides is 2. The van der Waals surface area contributed by atoms with Crippen LogP contribution in [0.4, 0.5) is 4.79 Å². The molecular weight excluding hydrogens is 240 g/mol. The fraction of sp³-hybridized carbons (Fsp3) is 0.818. The number of unbranched alkanes of at least 4 members (excludes halogenated alkanes) is 2. The number of rotatable bonds is 9. The fourth-order valence-electron chi connectivity index (χ4n) is 1.15. The van der Waals surface area contributed by atoms with Gasteiger partial charge in [0.2, 0.25) is 0 Å². The molecule has 0 aromatic rings. The molecule has 5 nitrogen and oxygen atoms in total. The molecular formula is C11H22N2O3S. The third-order valence-electron chi connectivity index (χ3n) is 2.30. The highest BCUT2D eigenvalue weighted by atomic mass is 32.2. The second-order valence-electron chi connectivity index (χ2n) is 3.93. The summed E-state index contributed by atoms with van der Waals surface area (Å²) in [5, 5.41) is 13.9. The Balaban J connectivity index is 3.38. The number of thioether (sulfide) groups is 1. The molecule has 0 radical (unpaired) electrons. The summed E-state index contributed by atoms with van der Waals surface area (Å²) >= 11 is 1.82. The molecule has 100 valence electrons. The van der Waals surface area contributed by atoms with Crippen LogP contribution in [-0.4, -0.2) is 42.2 Å². The molecule has 6 heteroatoms. The molecule has 0 saturated carbocycles. The van der Waals surface area contributed by atoms with Gasteiger partial charge in [0.1, 0.15) is 0 Å².